The third-order valence-electron chi connectivity index (χ3n) is 13.9. The Bertz CT molecular complexity index is 1010. The summed E-state index contributed by atoms with van der Waals surface area (Å²) in [5.41, 5.74) is 2.35. The van der Waals surface area contributed by atoms with Gasteiger partial charge in [-0.25, -0.2) is 0 Å². The maximum absolute atomic E-state index is 13.3. The molecule has 6 aliphatic rings. The number of hydrogen-bond acceptors (Lipinski definition) is 4. The van der Waals surface area contributed by atoms with Crippen LogP contribution >= 0.6 is 0 Å². The molecule has 9 atom stereocenters. The Hall–Kier alpha value is -1.32. The summed E-state index contributed by atoms with van der Waals surface area (Å²) in [7, 11) is 0. The normalized spacial score (nSPS) is 48.8. The van der Waals surface area contributed by atoms with E-state index in [1.54, 1.807) is 0 Å². The van der Waals surface area contributed by atoms with E-state index >= 15 is 0 Å². The van der Waals surface area contributed by atoms with Crippen LogP contribution < -0.4 is 0 Å². The van der Waals surface area contributed by atoms with Gasteiger partial charge in [-0.3, -0.25) is 9.59 Å². The van der Waals surface area contributed by atoms with E-state index in [2.05, 4.69) is 48.1 Å². The molecule has 0 radical (unpaired) electrons. The molecule has 6 aliphatic carbocycles. The summed E-state index contributed by atoms with van der Waals surface area (Å²) in [4.78, 5) is 26.2. The molecule has 6 rings (SSSR count). The zero-order valence-electron chi connectivity index (χ0n) is 24.3. The number of ether oxygens (including phenoxy) is 2. The van der Waals surface area contributed by atoms with Gasteiger partial charge in [-0.15, -0.1) is 0 Å². The Balaban J connectivity index is 1.16. The second kappa shape index (κ2) is 8.10. The smallest absolute Gasteiger partial charge is 0.317 e. The molecule has 4 nitrogen and oxygen atoms in total. The quantitative estimate of drug-likeness (QED) is 0.221. The van der Waals surface area contributed by atoms with Gasteiger partial charge in [0.2, 0.25) is 0 Å². The molecule has 4 bridgehead atoms. The van der Waals surface area contributed by atoms with Crippen molar-refractivity contribution in [2.45, 2.75) is 131 Å². The first kappa shape index (κ1) is 25.9. The second-order valence-electron chi connectivity index (χ2n) is 16.0. The molecule has 37 heavy (non-hydrogen) atoms. The van der Waals surface area contributed by atoms with Crippen LogP contribution in [0.1, 0.15) is 119 Å². The molecule has 206 valence electrons. The van der Waals surface area contributed by atoms with E-state index in [1.807, 2.05) is 0 Å². The van der Waals surface area contributed by atoms with Crippen molar-refractivity contribution < 1.29 is 19.1 Å². The standard InChI is InChI=1S/C33H50O4/c1-20-18-33-16-12-24-29(2,3)13-8-14-32(24,7)25(33)10-9-21(20)28(33)37-27(35)17-26(34)36-23-19-31(6)15-11-22(23)30(31,4)5/h21-25,28H,1,8-19H2,2-7H3/t21-,22+,23-,24+,25-,28+,31-,32+,33-/m0/s1. The minimum atomic E-state index is -0.400. The third-order valence-corrected chi connectivity index (χ3v) is 13.9. The lowest BCUT2D eigenvalue weighted by Crippen LogP contribution is -2.60. The van der Waals surface area contributed by atoms with Crippen molar-refractivity contribution in [3.8, 4) is 0 Å². The molecule has 0 aromatic rings. The second-order valence-corrected chi connectivity index (χ2v) is 16.0. The van der Waals surface area contributed by atoms with Crippen LogP contribution in [0.3, 0.4) is 0 Å². The van der Waals surface area contributed by atoms with Crippen LogP contribution in [0.15, 0.2) is 12.2 Å². The van der Waals surface area contributed by atoms with Crippen LogP contribution in [0.25, 0.3) is 0 Å². The maximum atomic E-state index is 13.3. The molecule has 4 heteroatoms. The largest absolute Gasteiger partial charge is 0.462 e. The fraction of sp³-hybridized carbons (Fsp3) is 0.879. The van der Waals surface area contributed by atoms with E-state index in [0.717, 1.165) is 38.0 Å². The van der Waals surface area contributed by atoms with Gasteiger partial charge < -0.3 is 9.47 Å². The molecule has 0 unspecified atom stereocenters. The van der Waals surface area contributed by atoms with E-state index in [1.165, 1.54) is 44.1 Å². The van der Waals surface area contributed by atoms with Crippen molar-refractivity contribution in [3.05, 3.63) is 12.2 Å². The molecule has 6 fully saturated rings. The van der Waals surface area contributed by atoms with Crippen LogP contribution in [0.2, 0.25) is 0 Å². The Kier molecular flexibility index (Phi) is 5.68. The van der Waals surface area contributed by atoms with E-state index in [4.69, 9.17) is 9.47 Å². The van der Waals surface area contributed by atoms with Crippen molar-refractivity contribution in [2.75, 3.05) is 0 Å². The summed E-state index contributed by atoms with van der Waals surface area (Å²) in [6.07, 6.45) is 12.3. The Morgan fingerprint density at radius 3 is 2.27 bits per heavy atom. The lowest BCUT2D eigenvalue weighted by atomic mass is 9.41. The van der Waals surface area contributed by atoms with Crippen LogP contribution in [0, 0.1) is 50.7 Å². The summed E-state index contributed by atoms with van der Waals surface area (Å²) in [5, 5.41) is 0. The first-order chi connectivity index (χ1) is 17.2. The highest BCUT2D eigenvalue weighted by Crippen LogP contribution is 2.72. The van der Waals surface area contributed by atoms with Crippen molar-refractivity contribution in [1.29, 1.82) is 0 Å². The lowest BCUT2D eigenvalue weighted by molar-refractivity contribution is -0.201. The highest BCUT2D eigenvalue weighted by Gasteiger charge is 2.68. The van der Waals surface area contributed by atoms with E-state index in [0.29, 0.717) is 22.7 Å². The molecule has 1 spiro atoms. The predicted molar refractivity (Wildman–Crippen MR) is 144 cm³/mol. The van der Waals surface area contributed by atoms with Gasteiger partial charge in [-0.05, 0) is 97.7 Å². The summed E-state index contributed by atoms with van der Waals surface area (Å²) < 4.78 is 12.3. The summed E-state index contributed by atoms with van der Waals surface area (Å²) in [6, 6.07) is 0. The topological polar surface area (TPSA) is 52.6 Å². The maximum Gasteiger partial charge on any atom is 0.317 e. The molecular formula is C33H50O4. The van der Waals surface area contributed by atoms with Crippen molar-refractivity contribution >= 4 is 11.9 Å². The van der Waals surface area contributed by atoms with Crippen LogP contribution in [0.5, 0.6) is 0 Å². The lowest BCUT2D eigenvalue weighted by Gasteiger charge is -2.64. The van der Waals surface area contributed by atoms with Crippen LogP contribution in [0.4, 0.5) is 0 Å². The van der Waals surface area contributed by atoms with Crippen LogP contribution in [-0.2, 0) is 19.1 Å². The van der Waals surface area contributed by atoms with Crippen molar-refractivity contribution in [1.82, 2.24) is 0 Å². The van der Waals surface area contributed by atoms with Gasteiger partial charge in [0.25, 0.3) is 0 Å². The molecule has 0 heterocycles. The molecule has 0 amide bonds. The number of rotatable bonds is 4. The molecule has 0 aromatic heterocycles. The monoisotopic (exact) mass is 510 g/mol. The summed E-state index contributed by atoms with van der Waals surface area (Å²) >= 11 is 0. The van der Waals surface area contributed by atoms with Gasteiger partial charge in [0.05, 0.1) is 0 Å². The average Bonchev–Trinajstić information content (AvgIpc) is 3.17. The number of esters is 2. The number of fused-ring (bicyclic) bond motifs is 5. The minimum Gasteiger partial charge on any atom is -0.462 e. The van der Waals surface area contributed by atoms with Crippen molar-refractivity contribution in [2.24, 2.45) is 50.7 Å². The number of carbonyl (C=O) groups excluding carboxylic acids is 2. The first-order valence-corrected chi connectivity index (χ1v) is 15.3. The van der Waals surface area contributed by atoms with Gasteiger partial charge in [-0.1, -0.05) is 60.1 Å². The van der Waals surface area contributed by atoms with E-state index in [-0.39, 0.29) is 46.8 Å². The number of carbonyl (C=O) groups is 2. The Morgan fingerprint density at radius 2 is 1.59 bits per heavy atom. The average molecular weight is 511 g/mol. The van der Waals surface area contributed by atoms with Gasteiger partial charge in [-0.2, -0.15) is 0 Å². The third kappa shape index (κ3) is 3.51. The molecule has 0 aliphatic heterocycles. The molecule has 6 saturated carbocycles. The molecular weight excluding hydrogens is 460 g/mol. The fourth-order valence-corrected chi connectivity index (χ4v) is 11.7. The van der Waals surface area contributed by atoms with Crippen molar-refractivity contribution in [3.63, 3.8) is 0 Å². The van der Waals surface area contributed by atoms with Gasteiger partial charge in [0.15, 0.2) is 0 Å². The van der Waals surface area contributed by atoms with E-state index < -0.39 is 5.97 Å². The zero-order chi connectivity index (χ0) is 26.6. The predicted octanol–water partition coefficient (Wildman–Crippen LogP) is 7.65. The van der Waals surface area contributed by atoms with Gasteiger partial charge >= 0.3 is 11.9 Å². The summed E-state index contributed by atoms with van der Waals surface area (Å²) in [5.74, 6) is 1.15. The van der Waals surface area contributed by atoms with Crippen LogP contribution in [-0.4, -0.2) is 24.1 Å². The Labute approximate surface area is 224 Å². The minimum absolute atomic E-state index is 0.00144. The van der Waals surface area contributed by atoms with Gasteiger partial charge in [0.1, 0.15) is 18.6 Å². The van der Waals surface area contributed by atoms with Gasteiger partial charge in [0, 0.05) is 17.3 Å². The SMILES string of the molecule is C=C1C[C@@]23CC[C@@H]4C(C)(C)CCC[C@@]4(C)[C@@H]2CC[C@@H]1[C@H]3OC(=O)CC(=O)O[C@H]1C[C@]2(C)CC[C@H]1C2(C)C. The zero-order valence-corrected chi connectivity index (χ0v) is 24.3. The number of hydrogen-bond donors (Lipinski definition) is 0. The molecule has 0 N–H and O–H groups in total. The first-order valence-electron chi connectivity index (χ1n) is 15.3. The fourth-order valence-electron chi connectivity index (χ4n) is 11.7. The highest BCUT2D eigenvalue weighted by molar-refractivity contribution is 5.91. The van der Waals surface area contributed by atoms with E-state index in [9.17, 15) is 9.59 Å². The summed E-state index contributed by atoms with van der Waals surface area (Å²) in [6.45, 7) is 19.0. The Morgan fingerprint density at radius 1 is 0.865 bits per heavy atom. The molecule has 0 saturated heterocycles. The molecule has 0 aromatic carbocycles. The highest BCUT2D eigenvalue weighted by atomic mass is 16.6.